The van der Waals surface area contributed by atoms with E-state index in [1.54, 1.807) is 0 Å². The van der Waals surface area contributed by atoms with Crippen molar-refractivity contribution in [3.8, 4) is 17.3 Å². The smallest absolute Gasteiger partial charge is 0.503 e. The average Bonchev–Trinajstić information content (AvgIpc) is 3.63. The number of rotatable bonds is 3. The van der Waals surface area contributed by atoms with Crippen molar-refractivity contribution < 1.29 is 25.2 Å². The topological polar surface area (TPSA) is 44.3 Å². The molecule has 0 saturated heterocycles. The van der Waals surface area contributed by atoms with E-state index in [0.29, 0.717) is 11.5 Å². The second-order valence-corrected chi connectivity index (χ2v) is 15.0. The first-order chi connectivity index (χ1) is 23.6. The van der Waals surface area contributed by atoms with Gasteiger partial charge < -0.3 is 13.7 Å². The van der Waals surface area contributed by atoms with Crippen LogP contribution in [-0.4, -0.2) is 18.9 Å². The van der Waals surface area contributed by atoms with Gasteiger partial charge in [-0.1, -0.05) is 112 Å². The molecule has 50 heavy (non-hydrogen) atoms. The van der Waals surface area contributed by atoms with Crippen LogP contribution in [0.1, 0.15) is 52.7 Å². The molecule has 0 saturated carbocycles. The zero-order valence-corrected chi connectivity index (χ0v) is 30.5. The zero-order chi connectivity index (χ0) is 33.7. The number of aromatic nitrogens is 4. The molecule has 0 aliphatic rings. The molecule has 0 spiro atoms. The van der Waals surface area contributed by atoms with Crippen molar-refractivity contribution in [2.75, 3.05) is 0 Å². The summed E-state index contributed by atoms with van der Waals surface area (Å²) in [6.07, 6.45) is 1.82. The predicted molar refractivity (Wildman–Crippen MR) is 201 cm³/mol. The Kier molecular flexibility index (Phi) is 7.42. The molecule has 0 atom stereocenters. The second-order valence-electron chi connectivity index (χ2n) is 15.0. The van der Waals surface area contributed by atoms with Crippen molar-refractivity contribution >= 4 is 60.2 Å². The van der Waals surface area contributed by atoms with E-state index in [2.05, 4.69) is 140 Å². The fourth-order valence-electron chi connectivity index (χ4n) is 7.56. The molecule has 4 heterocycles. The van der Waals surface area contributed by atoms with Gasteiger partial charge in [0.1, 0.15) is 5.82 Å². The molecule has 248 valence electrons. The summed E-state index contributed by atoms with van der Waals surface area (Å²) < 4.78 is 11.1. The number of fused-ring (bicyclic) bond motifs is 11. The van der Waals surface area contributed by atoms with E-state index < -0.39 is 0 Å². The molecule has 0 N–H and O–H groups in total. The van der Waals surface area contributed by atoms with Crippen LogP contribution in [-0.2, 0) is 31.3 Å². The van der Waals surface area contributed by atoms with Crippen LogP contribution in [0.3, 0.4) is 0 Å². The Labute approximate surface area is 305 Å². The number of benzene rings is 5. The summed E-state index contributed by atoms with van der Waals surface area (Å²) >= 11 is 0. The van der Waals surface area contributed by atoms with Gasteiger partial charge in [0.25, 0.3) is 0 Å². The van der Waals surface area contributed by atoms with Crippen molar-refractivity contribution in [1.82, 2.24) is 18.9 Å². The number of ether oxygens (including phenoxy) is 1. The second kappa shape index (κ2) is 11.5. The van der Waals surface area contributed by atoms with Crippen LogP contribution in [0.4, 0.5) is 0 Å². The summed E-state index contributed by atoms with van der Waals surface area (Å²) in [6.45, 7) is 13.8. The summed E-state index contributed by atoms with van der Waals surface area (Å²) in [7, 11) is 0. The zero-order valence-electron chi connectivity index (χ0n) is 28.9. The summed E-state index contributed by atoms with van der Waals surface area (Å²) in [5, 5.41) is 5.45. The number of hydrogen-bond donors (Lipinski definition) is 0. The number of para-hydroxylation sites is 3. The average molecular weight is 743 g/mol. The van der Waals surface area contributed by atoms with Gasteiger partial charge in [-0.25, -0.2) is 4.98 Å². The summed E-state index contributed by atoms with van der Waals surface area (Å²) in [4.78, 5) is 9.89. The fourth-order valence-corrected chi connectivity index (χ4v) is 7.56. The minimum absolute atomic E-state index is 0. The van der Waals surface area contributed by atoms with E-state index in [1.807, 2.05) is 36.5 Å². The van der Waals surface area contributed by atoms with Crippen LogP contribution in [0.2, 0.25) is 0 Å². The number of hydrogen-bond acceptors (Lipinski definition) is 3. The molecule has 0 aliphatic heterocycles. The first-order valence-electron chi connectivity index (χ1n) is 16.9. The maximum absolute atomic E-state index is 6.58. The Morgan fingerprint density at radius 3 is 2.04 bits per heavy atom. The third-order valence-electron chi connectivity index (χ3n) is 9.61. The van der Waals surface area contributed by atoms with E-state index in [-0.39, 0.29) is 31.3 Å². The van der Waals surface area contributed by atoms with E-state index in [9.17, 15) is 0 Å². The molecule has 4 aromatic heterocycles. The van der Waals surface area contributed by atoms with E-state index >= 15 is 0 Å². The van der Waals surface area contributed by atoms with Gasteiger partial charge in [-0.3, -0.25) is 4.98 Å². The monoisotopic (exact) mass is 742 g/mol. The Morgan fingerprint density at radius 2 is 1.30 bits per heavy atom. The predicted octanol–water partition coefficient (Wildman–Crippen LogP) is 11.3. The molecule has 6 heteroatoms. The van der Waals surface area contributed by atoms with Crippen LogP contribution in [0.15, 0.2) is 109 Å². The van der Waals surface area contributed by atoms with Gasteiger partial charge in [-0.15, -0.1) is 29.7 Å². The Bertz CT molecular complexity index is 2760. The van der Waals surface area contributed by atoms with Gasteiger partial charge in [-0.05, 0) is 63.1 Å². The fraction of sp³-hybridized carbons (Fsp3) is 0.182. The van der Waals surface area contributed by atoms with Crippen LogP contribution in [0.5, 0.6) is 11.5 Å². The van der Waals surface area contributed by atoms with E-state index in [0.717, 1.165) is 55.1 Å². The Morgan fingerprint density at radius 1 is 0.620 bits per heavy atom. The molecule has 0 amide bonds. The minimum Gasteiger partial charge on any atom is -0.503 e. The molecule has 5 aromatic carbocycles. The van der Waals surface area contributed by atoms with E-state index in [4.69, 9.17) is 9.72 Å². The molecule has 0 fully saturated rings. The van der Waals surface area contributed by atoms with Gasteiger partial charge in [0, 0.05) is 28.7 Å². The molecule has 0 unspecified atom stereocenters. The molecule has 5 nitrogen and oxygen atoms in total. The van der Waals surface area contributed by atoms with Gasteiger partial charge >= 0.3 is 20.4 Å². The minimum atomic E-state index is -0.104. The molecular formula is C44H36N4OPd. The maximum Gasteiger partial charge on any atom is 2.00 e. The van der Waals surface area contributed by atoms with Crippen LogP contribution < -0.4 is 4.74 Å². The third-order valence-corrected chi connectivity index (χ3v) is 9.61. The first kappa shape index (κ1) is 32.2. The number of imidazole rings is 1. The van der Waals surface area contributed by atoms with Crippen LogP contribution in [0, 0.1) is 12.1 Å². The SMILES string of the molecule is CC(C)(C)c1ccc2c3ccc(Oc4[c-]c5c(cc4)c4ccccc4n5-c4ccccn4)[c-]c3c3nc4ccccc4n3c2c1C(C)(C)C.[Pd+2]. The van der Waals surface area contributed by atoms with Crippen LogP contribution >= 0.6 is 0 Å². The molecule has 9 rings (SSSR count). The van der Waals surface area contributed by atoms with Crippen molar-refractivity contribution in [3.05, 3.63) is 133 Å². The number of nitrogens with zero attached hydrogens (tertiary/aromatic N) is 4. The quantitative estimate of drug-likeness (QED) is 0.103. The van der Waals surface area contributed by atoms with Gasteiger partial charge in [0.05, 0.1) is 16.7 Å². The normalized spacial score (nSPS) is 12.4. The van der Waals surface area contributed by atoms with Crippen molar-refractivity contribution in [2.45, 2.75) is 52.4 Å². The summed E-state index contributed by atoms with van der Waals surface area (Å²) in [5.74, 6) is 2.06. The standard InChI is InChI=1S/C44H36N4O.Pd/c1-43(2,3)34-23-22-32-29-20-18-27(25-33(29)42-46-35-14-8-10-16-37(35)48(42)41(32)40(34)44(4,5)6)49-28-19-21-31-30-13-7-9-15-36(30)47(38(31)26-28)39-17-11-12-24-45-39;/h7-24H,1-6H3;/q-2;+2. The van der Waals surface area contributed by atoms with Gasteiger partial charge in [-0.2, -0.15) is 6.07 Å². The molecule has 9 aromatic rings. The van der Waals surface area contributed by atoms with Crippen molar-refractivity contribution in [3.63, 3.8) is 0 Å². The molecular weight excluding hydrogens is 707 g/mol. The Balaban J connectivity index is 0.00000361. The summed E-state index contributed by atoms with van der Waals surface area (Å²) in [5.41, 5.74) is 8.68. The van der Waals surface area contributed by atoms with Gasteiger partial charge in [0.15, 0.2) is 0 Å². The largest absolute Gasteiger partial charge is 2.00 e. The first-order valence-corrected chi connectivity index (χ1v) is 16.9. The van der Waals surface area contributed by atoms with Crippen molar-refractivity contribution in [1.29, 1.82) is 0 Å². The third kappa shape index (κ3) is 4.93. The number of pyridine rings is 2. The van der Waals surface area contributed by atoms with Crippen molar-refractivity contribution in [2.24, 2.45) is 0 Å². The maximum atomic E-state index is 6.58. The summed E-state index contributed by atoms with van der Waals surface area (Å²) in [6, 6.07) is 42.9. The van der Waals surface area contributed by atoms with Gasteiger partial charge in [0.2, 0.25) is 0 Å². The van der Waals surface area contributed by atoms with Crippen LogP contribution in [0.25, 0.3) is 66.0 Å². The van der Waals surface area contributed by atoms with E-state index in [1.165, 1.54) is 22.0 Å². The Hall–Kier alpha value is -5.02. The molecule has 0 aliphatic carbocycles. The molecule has 0 bridgehead atoms. The molecule has 0 radical (unpaired) electrons.